The molecule has 1 aromatic heterocycles. The molecule has 0 aliphatic heterocycles. The summed E-state index contributed by atoms with van der Waals surface area (Å²) in [6, 6.07) is 19.5. The van der Waals surface area contributed by atoms with Crippen molar-refractivity contribution in [2.24, 2.45) is 0 Å². The van der Waals surface area contributed by atoms with Crippen molar-refractivity contribution < 1.29 is 9.47 Å². The quantitative estimate of drug-likeness (QED) is 0.562. The number of rotatable bonds is 3. The molecule has 0 radical (unpaired) electrons. The minimum atomic E-state index is -0.404. The summed E-state index contributed by atoms with van der Waals surface area (Å²) < 4.78 is 11.8. The van der Waals surface area contributed by atoms with Crippen molar-refractivity contribution in [1.29, 1.82) is 0 Å². The van der Waals surface area contributed by atoms with Crippen LogP contribution < -0.4 is 20.6 Å². The van der Waals surface area contributed by atoms with E-state index in [0.29, 0.717) is 28.0 Å². The number of aromatic nitrogens is 1. The molecule has 134 valence electrons. The monoisotopic (exact) mass is 359 g/mol. The lowest BCUT2D eigenvalue weighted by molar-refractivity contribution is 0.401. The van der Waals surface area contributed by atoms with E-state index in [1.54, 1.807) is 42.5 Å². The summed E-state index contributed by atoms with van der Waals surface area (Å²) in [5.74, 6) is 0.937. The van der Waals surface area contributed by atoms with E-state index >= 15 is 0 Å². The van der Waals surface area contributed by atoms with Crippen molar-refractivity contribution >= 4 is 21.5 Å². The number of benzene rings is 3. The molecule has 0 atom stereocenters. The van der Waals surface area contributed by atoms with Gasteiger partial charge >= 0.3 is 0 Å². The van der Waals surface area contributed by atoms with Gasteiger partial charge in [0.2, 0.25) is 0 Å². The fourth-order valence-corrected chi connectivity index (χ4v) is 3.33. The summed E-state index contributed by atoms with van der Waals surface area (Å²) in [6.45, 7) is 0. The van der Waals surface area contributed by atoms with E-state index in [0.717, 1.165) is 15.3 Å². The van der Waals surface area contributed by atoms with E-state index in [9.17, 15) is 9.59 Å². The zero-order valence-electron chi connectivity index (χ0n) is 14.9. The Bertz CT molecular complexity index is 1220. The average Bonchev–Trinajstić information content (AvgIpc) is 2.81. The molecule has 5 nitrogen and oxygen atoms in total. The molecule has 0 bridgehead atoms. The van der Waals surface area contributed by atoms with Crippen LogP contribution in [-0.2, 0) is 0 Å². The lowest BCUT2D eigenvalue weighted by Crippen LogP contribution is -2.28. The third-order valence-electron chi connectivity index (χ3n) is 4.64. The van der Waals surface area contributed by atoms with E-state index < -0.39 is 11.1 Å². The molecule has 0 unspecified atom stereocenters. The normalized spacial score (nSPS) is 10.9. The van der Waals surface area contributed by atoms with Crippen LogP contribution in [0.5, 0.6) is 11.5 Å². The van der Waals surface area contributed by atoms with E-state index in [-0.39, 0.29) is 0 Å². The largest absolute Gasteiger partial charge is 0.497 e. The third kappa shape index (κ3) is 2.64. The van der Waals surface area contributed by atoms with Gasteiger partial charge in [0, 0.05) is 16.8 Å². The Labute approximate surface area is 155 Å². The van der Waals surface area contributed by atoms with Gasteiger partial charge in [-0.15, -0.1) is 0 Å². The van der Waals surface area contributed by atoms with Gasteiger partial charge < -0.3 is 9.47 Å². The summed E-state index contributed by atoms with van der Waals surface area (Å²) in [4.78, 5) is 26.8. The van der Waals surface area contributed by atoms with E-state index in [4.69, 9.17) is 9.47 Å². The van der Waals surface area contributed by atoms with E-state index in [1.807, 2.05) is 24.3 Å². The number of fused-ring (bicyclic) bond motifs is 3. The Kier molecular flexibility index (Phi) is 4.12. The van der Waals surface area contributed by atoms with Crippen molar-refractivity contribution in [3.63, 3.8) is 0 Å². The third-order valence-corrected chi connectivity index (χ3v) is 4.64. The maximum atomic E-state index is 13.4. The first-order chi connectivity index (χ1) is 13.2. The first-order valence-corrected chi connectivity index (χ1v) is 8.45. The first-order valence-electron chi connectivity index (χ1n) is 8.45. The highest BCUT2D eigenvalue weighted by atomic mass is 16.5. The van der Waals surface area contributed by atoms with Gasteiger partial charge in [-0.05, 0) is 35.0 Å². The molecule has 0 fully saturated rings. The predicted octanol–water partition coefficient (Wildman–Crippen LogP) is 3.52. The molecule has 0 aliphatic rings. The van der Waals surface area contributed by atoms with Crippen molar-refractivity contribution in [3.05, 3.63) is 87.4 Å². The molecule has 0 spiro atoms. The number of methoxy groups -OCH3 is 2. The highest BCUT2D eigenvalue weighted by Gasteiger charge is 2.16. The number of hydrogen-bond acceptors (Lipinski definition) is 4. The molecular formula is C22H17NO4. The molecule has 1 heterocycles. The molecular weight excluding hydrogens is 342 g/mol. The highest BCUT2D eigenvalue weighted by Crippen LogP contribution is 2.27. The van der Waals surface area contributed by atoms with Gasteiger partial charge in [-0.2, -0.15) is 0 Å². The molecule has 27 heavy (non-hydrogen) atoms. The van der Waals surface area contributed by atoms with E-state index in [1.165, 1.54) is 14.2 Å². The molecule has 0 saturated heterocycles. The van der Waals surface area contributed by atoms with Crippen molar-refractivity contribution in [2.45, 2.75) is 0 Å². The molecule has 4 rings (SSSR count). The summed E-state index contributed by atoms with van der Waals surface area (Å²) >= 11 is 0. The lowest BCUT2D eigenvalue weighted by atomic mass is 10.1. The Morgan fingerprint density at radius 3 is 1.67 bits per heavy atom. The molecule has 4 aromatic rings. The van der Waals surface area contributed by atoms with Crippen LogP contribution in [0.4, 0.5) is 0 Å². The Morgan fingerprint density at radius 1 is 0.667 bits per heavy atom. The molecule has 3 aromatic carbocycles. The van der Waals surface area contributed by atoms with Crippen molar-refractivity contribution in [2.75, 3.05) is 14.2 Å². The summed E-state index contributed by atoms with van der Waals surface area (Å²) in [5.41, 5.74) is -0.463. The van der Waals surface area contributed by atoms with Gasteiger partial charge in [-0.3, -0.25) is 9.59 Å². The van der Waals surface area contributed by atoms with Gasteiger partial charge in [0.05, 0.1) is 19.9 Å². The molecule has 0 N–H and O–H groups in total. The minimum absolute atomic E-state index is 0.346. The second-order valence-corrected chi connectivity index (χ2v) is 6.07. The Hall–Kier alpha value is -3.60. The van der Waals surface area contributed by atoms with E-state index in [2.05, 4.69) is 0 Å². The Morgan fingerprint density at radius 2 is 1.19 bits per heavy atom. The Balaban J connectivity index is 2.30. The van der Waals surface area contributed by atoms with Crippen LogP contribution in [0.3, 0.4) is 0 Å². The average molecular weight is 359 g/mol. The second-order valence-electron chi connectivity index (χ2n) is 6.07. The molecule has 0 amide bonds. The fourth-order valence-electron chi connectivity index (χ4n) is 3.33. The molecule has 0 aliphatic carbocycles. The number of ether oxygens (including phenoxy) is 2. The molecule has 5 heteroatoms. The van der Waals surface area contributed by atoms with Crippen LogP contribution in [0.15, 0.2) is 76.3 Å². The van der Waals surface area contributed by atoms with Crippen molar-refractivity contribution in [3.8, 4) is 17.2 Å². The topological polar surface area (TPSA) is 57.5 Å². The lowest BCUT2D eigenvalue weighted by Gasteiger charge is -2.11. The van der Waals surface area contributed by atoms with Crippen LogP contribution >= 0.6 is 0 Å². The zero-order chi connectivity index (χ0) is 19.0. The van der Waals surface area contributed by atoms with Gasteiger partial charge in [0.15, 0.2) is 0 Å². The SMILES string of the molecule is COc1ccc(OC)c(-n2c(=O)c3ccccc3c3ccccc3c2=O)c1. The van der Waals surface area contributed by atoms with Crippen LogP contribution in [0, 0.1) is 0 Å². The summed E-state index contributed by atoms with van der Waals surface area (Å²) in [5, 5.41) is 2.38. The van der Waals surface area contributed by atoms with Gasteiger partial charge in [0.1, 0.15) is 11.5 Å². The van der Waals surface area contributed by atoms with Crippen LogP contribution in [0.2, 0.25) is 0 Å². The summed E-state index contributed by atoms with van der Waals surface area (Å²) in [7, 11) is 3.03. The number of nitrogens with zero attached hydrogens (tertiary/aromatic N) is 1. The predicted molar refractivity (Wildman–Crippen MR) is 106 cm³/mol. The second kappa shape index (κ2) is 6.61. The molecule has 0 saturated carbocycles. The van der Waals surface area contributed by atoms with Gasteiger partial charge in [-0.25, -0.2) is 4.57 Å². The standard InChI is InChI=1S/C22H17NO4/c1-26-14-11-12-20(27-2)19(13-14)23-21(24)17-9-5-3-7-15(17)16-8-4-6-10-18(16)22(23)25/h3-13H,1-2H3. The summed E-state index contributed by atoms with van der Waals surface area (Å²) in [6.07, 6.45) is 0. The van der Waals surface area contributed by atoms with Gasteiger partial charge in [-0.1, -0.05) is 36.4 Å². The van der Waals surface area contributed by atoms with Crippen molar-refractivity contribution in [1.82, 2.24) is 4.57 Å². The zero-order valence-corrected chi connectivity index (χ0v) is 14.9. The smallest absolute Gasteiger partial charge is 0.266 e. The highest BCUT2D eigenvalue weighted by molar-refractivity contribution is 6.05. The minimum Gasteiger partial charge on any atom is -0.497 e. The van der Waals surface area contributed by atoms with Crippen LogP contribution in [0.1, 0.15) is 0 Å². The van der Waals surface area contributed by atoms with Gasteiger partial charge in [0.25, 0.3) is 11.1 Å². The first kappa shape index (κ1) is 16.8. The van der Waals surface area contributed by atoms with Crippen LogP contribution in [0.25, 0.3) is 27.2 Å². The fraction of sp³-hybridized carbons (Fsp3) is 0.0909. The van der Waals surface area contributed by atoms with Crippen LogP contribution in [-0.4, -0.2) is 18.8 Å². The number of hydrogen-bond donors (Lipinski definition) is 0. The maximum Gasteiger partial charge on any atom is 0.266 e. The maximum absolute atomic E-state index is 13.4.